The van der Waals surface area contributed by atoms with Gasteiger partial charge in [0.15, 0.2) is 11.7 Å². The molecule has 0 aliphatic heterocycles. The van der Waals surface area contributed by atoms with Crippen molar-refractivity contribution in [3.8, 4) is 0 Å². The molecule has 1 aromatic carbocycles. The number of guanidine groups is 1. The number of hydrogen-bond acceptors (Lipinski definition) is 4. The van der Waals surface area contributed by atoms with Crippen molar-refractivity contribution in [1.82, 2.24) is 20.4 Å². The fourth-order valence-electron chi connectivity index (χ4n) is 2.56. The Bertz CT molecular complexity index is 913. The number of nitrogens with one attached hydrogen (secondary N) is 3. The van der Waals surface area contributed by atoms with E-state index in [0.717, 1.165) is 23.8 Å². The van der Waals surface area contributed by atoms with Gasteiger partial charge in [-0.15, -0.1) is 0 Å². The number of carbonyl (C=O) groups excluding carboxylic acids is 1. The maximum absolute atomic E-state index is 12.0. The Hall–Kier alpha value is -3.55. The van der Waals surface area contributed by atoms with Crippen LogP contribution in [0, 0.1) is 0 Å². The SMILES string of the molecule is CCNC(=NCc1ccc(NC(=O)c2ccco2)cc1)NCc1ccnn1C. The first-order valence-corrected chi connectivity index (χ1v) is 9.08. The second kappa shape index (κ2) is 9.40. The minimum absolute atomic E-state index is 0.274. The van der Waals surface area contributed by atoms with Crippen molar-refractivity contribution in [1.29, 1.82) is 0 Å². The molecule has 3 rings (SSSR count). The second-order valence-corrected chi connectivity index (χ2v) is 6.12. The Morgan fingerprint density at radius 1 is 1.18 bits per heavy atom. The third-order valence-corrected chi connectivity index (χ3v) is 4.08. The number of nitrogens with zero attached hydrogens (tertiary/aromatic N) is 3. The summed E-state index contributed by atoms with van der Waals surface area (Å²) in [6, 6.07) is 12.8. The predicted molar refractivity (Wildman–Crippen MR) is 108 cm³/mol. The number of aryl methyl sites for hydroxylation is 1. The molecule has 8 heteroatoms. The minimum atomic E-state index is -0.274. The van der Waals surface area contributed by atoms with Gasteiger partial charge in [0.05, 0.1) is 25.0 Å². The average molecular weight is 380 g/mol. The number of benzene rings is 1. The van der Waals surface area contributed by atoms with Gasteiger partial charge in [-0.3, -0.25) is 9.48 Å². The van der Waals surface area contributed by atoms with E-state index >= 15 is 0 Å². The lowest BCUT2D eigenvalue weighted by Crippen LogP contribution is -2.37. The Labute approximate surface area is 163 Å². The van der Waals surface area contributed by atoms with Crippen molar-refractivity contribution in [3.05, 3.63) is 71.9 Å². The van der Waals surface area contributed by atoms with Gasteiger partial charge < -0.3 is 20.4 Å². The number of aliphatic imine (C=N–C) groups is 1. The zero-order valence-electron chi connectivity index (χ0n) is 16.0. The van der Waals surface area contributed by atoms with Crippen LogP contribution in [0.2, 0.25) is 0 Å². The molecule has 146 valence electrons. The first-order valence-electron chi connectivity index (χ1n) is 9.08. The summed E-state index contributed by atoms with van der Waals surface area (Å²) in [5.41, 5.74) is 2.81. The summed E-state index contributed by atoms with van der Waals surface area (Å²) in [4.78, 5) is 16.6. The van der Waals surface area contributed by atoms with Crippen molar-refractivity contribution in [2.45, 2.75) is 20.0 Å². The van der Waals surface area contributed by atoms with Crippen LogP contribution in [0.3, 0.4) is 0 Å². The normalized spacial score (nSPS) is 11.3. The fraction of sp³-hybridized carbons (Fsp3) is 0.250. The molecule has 0 fully saturated rings. The molecule has 0 unspecified atom stereocenters. The first-order chi connectivity index (χ1) is 13.7. The highest BCUT2D eigenvalue weighted by molar-refractivity contribution is 6.02. The first kappa shape index (κ1) is 19.2. The molecule has 28 heavy (non-hydrogen) atoms. The zero-order valence-corrected chi connectivity index (χ0v) is 16.0. The van der Waals surface area contributed by atoms with E-state index < -0.39 is 0 Å². The third-order valence-electron chi connectivity index (χ3n) is 4.08. The van der Waals surface area contributed by atoms with E-state index in [2.05, 4.69) is 26.0 Å². The number of amides is 1. The smallest absolute Gasteiger partial charge is 0.291 e. The summed E-state index contributed by atoms with van der Waals surface area (Å²) in [5, 5.41) is 13.5. The lowest BCUT2D eigenvalue weighted by Gasteiger charge is -2.11. The number of rotatable bonds is 7. The van der Waals surface area contributed by atoms with Gasteiger partial charge in [-0.25, -0.2) is 4.99 Å². The molecule has 3 N–H and O–H groups in total. The van der Waals surface area contributed by atoms with E-state index in [-0.39, 0.29) is 11.7 Å². The van der Waals surface area contributed by atoms with Crippen molar-refractivity contribution in [2.24, 2.45) is 12.0 Å². The molecule has 0 saturated carbocycles. The number of hydrogen-bond donors (Lipinski definition) is 3. The van der Waals surface area contributed by atoms with Crippen LogP contribution in [0.5, 0.6) is 0 Å². The van der Waals surface area contributed by atoms with Gasteiger partial charge in [0.1, 0.15) is 0 Å². The summed E-state index contributed by atoms with van der Waals surface area (Å²) < 4.78 is 6.91. The number of furan rings is 1. The standard InChI is InChI=1S/C20H24N6O2/c1-3-21-20(23-14-17-10-11-24-26(17)2)22-13-15-6-8-16(9-7-15)25-19(27)18-5-4-12-28-18/h4-12H,3,13-14H2,1-2H3,(H,25,27)(H2,21,22,23). The highest BCUT2D eigenvalue weighted by atomic mass is 16.3. The van der Waals surface area contributed by atoms with Crippen LogP contribution in [0.4, 0.5) is 5.69 Å². The molecule has 0 atom stereocenters. The number of carbonyl (C=O) groups is 1. The van der Waals surface area contributed by atoms with E-state index in [9.17, 15) is 4.79 Å². The van der Waals surface area contributed by atoms with Crippen LogP contribution in [0.15, 0.2) is 64.3 Å². The summed E-state index contributed by atoms with van der Waals surface area (Å²) in [7, 11) is 1.91. The molecule has 0 bridgehead atoms. The Morgan fingerprint density at radius 2 is 2.00 bits per heavy atom. The lowest BCUT2D eigenvalue weighted by molar-refractivity contribution is 0.0996. The summed E-state index contributed by atoms with van der Waals surface area (Å²) in [6.07, 6.45) is 3.24. The van der Waals surface area contributed by atoms with E-state index in [0.29, 0.717) is 18.8 Å². The van der Waals surface area contributed by atoms with Gasteiger partial charge in [0, 0.05) is 25.5 Å². The van der Waals surface area contributed by atoms with Crippen molar-refractivity contribution < 1.29 is 9.21 Å². The zero-order chi connectivity index (χ0) is 19.8. The van der Waals surface area contributed by atoms with Gasteiger partial charge in [-0.1, -0.05) is 12.1 Å². The molecule has 0 radical (unpaired) electrons. The highest BCUT2D eigenvalue weighted by Gasteiger charge is 2.08. The van der Waals surface area contributed by atoms with Crippen LogP contribution in [-0.2, 0) is 20.1 Å². The highest BCUT2D eigenvalue weighted by Crippen LogP contribution is 2.12. The minimum Gasteiger partial charge on any atom is -0.459 e. The van der Waals surface area contributed by atoms with Crippen LogP contribution < -0.4 is 16.0 Å². The maximum atomic E-state index is 12.0. The van der Waals surface area contributed by atoms with Gasteiger partial charge in [-0.2, -0.15) is 5.10 Å². The van der Waals surface area contributed by atoms with Gasteiger partial charge in [-0.05, 0) is 42.8 Å². The second-order valence-electron chi connectivity index (χ2n) is 6.12. The molecule has 2 aromatic heterocycles. The Kier molecular flexibility index (Phi) is 6.46. The molecule has 0 aliphatic rings. The van der Waals surface area contributed by atoms with Crippen LogP contribution in [0.1, 0.15) is 28.7 Å². The van der Waals surface area contributed by atoms with Crippen LogP contribution >= 0.6 is 0 Å². The molecule has 3 aromatic rings. The Balaban J connectivity index is 1.56. The maximum Gasteiger partial charge on any atom is 0.291 e. The van der Waals surface area contributed by atoms with Gasteiger partial charge >= 0.3 is 0 Å². The van der Waals surface area contributed by atoms with Crippen LogP contribution in [0.25, 0.3) is 0 Å². The van der Waals surface area contributed by atoms with Gasteiger partial charge in [0.2, 0.25) is 0 Å². The quantitative estimate of drug-likeness (QED) is 0.432. The van der Waals surface area contributed by atoms with E-state index in [1.54, 1.807) is 18.3 Å². The summed E-state index contributed by atoms with van der Waals surface area (Å²) in [5.74, 6) is 0.743. The Morgan fingerprint density at radius 3 is 2.64 bits per heavy atom. The van der Waals surface area contributed by atoms with Crippen molar-refractivity contribution in [3.63, 3.8) is 0 Å². The third kappa shape index (κ3) is 5.23. The molecule has 2 heterocycles. The topological polar surface area (TPSA) is 96.5 Å². The largest absolute Gasteiger partial charge is 0.459 e. The van der Waals surface area contributed by atoms with Crippen LogP contribution in [-0.4, -0.2) is 28.2 Å². The number of aromatic nitrogens is 2. The monoisotopic (exact) mass is 380 g/mol. The van der Waals surface area contributed by atoms with Gasteiger partial charge in [0.25, 0.3) is 5.91 Å². The summed E-state index contributed by atoms with van der Waals surface area (Å²) in [6.45, 7) is 3.96. The molecule has 0 spiro atoms. The molecule has 0 saturated heterocycles. The predicted octanol–water partition coefficient (Wildman–Crippen LogP) is 2.52. The molecular formula is C20H24N6O2. The van der Waals surface area contributed by atoms with Crippen molar-refractivity contribution >= 4 is 17.6 Å². The summed E-state index contributed by atoms with van der Waals surface area (Å²) >= 11 is 0. The number of anilines is 1. The molecule has 8 nitrogen and oxygen atoms in total. The van der Waals surface area contributed by atoms with Crippen molar-refractivity contribution in [2.75, 3.05) is 11.9 Å². The molecular weight excluding hydrogens is 356 g/mol. The molecule has 0 aliphatic carbocycles. The lowest BCUT2D eigenvalue weighted by atomic mass is 10.2. The van der Waals surface area contributed by atoms with E-state index in [1.807, 2.05) is 49.0 Å². The molecule has 1 amide bonds. The fourth-order valence-corrected chi connectivity index (χ4v) is 2.56. The van der Waals surface area contributed by atoms with E-state index in [4.69, 9.17) is 4.42 Å². The van der Waals surface area contributed by atoms with E-state index in [1.165, 1.54) is 6.26 Å². The average Bonchev–Trinajstić information content (AvgIpc) is 3.37.